The first-order chi connectivity index (χ1) is 10.1. The van der Waals surface area contributed by atoms with E-state index in [9.17, 15) is 9.59 Å². The molecule has 1 aromatic rings. The van der Waals surface area contributed by atoms with Gasteiger partial charge in [0.05, 0.1) is 16.3 Å². The highest BCUT2D eigenvalue weighted by atomic mass is 35.5. The van der Waals surface area contributed by atoms with E-state index in [0.29, 0.717) is 15.6 Å². The molecule has 2 rings (SSSR count). The Kier molecular flexibility index (Phi) is 5.59. The molecule has 1 aliphatic rings. The summed E-state index contributed by atoms with van der Waals surface area (Å²) in [5.41, 5.74) is 2.85. The van der Waals surface area contributed by atoms with Gasteiger partial charge < -0.3 is 5.32 Å². The highest BCUT2D eigenvalue weighted by molar-refractivity contribution is 6.42. The third kappa shape index (κ3) is 4.72. The summed E-state index contributed by atoms with van der Waals surface area (Å²) in [5.74, 6) is -1.44. The van der Waals surface area contributed by atoms with Crippen LogP contribution in [0.25, 0.3) is 0 Å². The molecule has 1 saturated carbocycles. The molecule has 0 aliphatic heterocycles. The SMILES string of the molecule is O=C(NN=Cc1ccc(Cl)c(Cl)c1)C(=O)NC1CCCC1. The number of nitrogens with one attached hydrogen (secondary N) is 2. The van der Waals surface area contributed by atoms with Gasteiger partial charge >= 0.3 is 11.8 Å². The highest BCUT2D eigenvalue weighted by Gasteiger charge is 2.20. The van der Waals surface area contributed by atoms with Crippen molar-refractivity contribution in [3.05, 3.63) is 33.8 Å². The van der Waals surface area contributed by atoms with Crippen molar-refractivity contribution in [2.24, 2.45) is 5.10 Å². The largest absolute Gasteiger partial charge is 0.345 e. The smallest absolute Gasteiger partial charge is 0.329 e. The molecule has 0 atom stereocenters. The monoisotopic (exact) mass is 327 g/mol. The van der Waals surface area contributed by atoms with Crippen LogP contribution in [-0.2, 0) is 9.59 Å². The van der Waals surface area contributed by atoms with Crippen molar-refractivity contribution in [2.75, 3.05) is 0 Å². The van der Waals surface area contributed by atoms with Gasteiger partial charge in [-0.2, -0.15) is 5.10 Å². The lowest BCUT2D eigenvalue weighted by atomic mass is 10.2. The number of amides is 2. The Morgan fingerprint density at radius 3 is 2.52 bits per heavy atom. The second-order valence-electron chi connectivity index (χ2n) is 4.83. The molecule has 5 nitrogen and oxygen atoms in total. The van der Waals surface area contributed by atoms with Gasteiger partial charge in [-0.3, -0.25) is 9.59 Å². The fourth-order valence-corrected chi connectivity index (χ4v) is 2.44. The summed E-state index contributed by atoms with van der Waals surface area (Å²) in [6.07, 6.45) is 5.41. The lowest BCUT2D eigenvalue weighted by Crippen LogP contribution is -2.42. The number of benzene rings is 1. The van der Waals surface area contributed by atoms with Gasteiger partial charge in [0.2, 0.25) is 0 Å². The summed E-state index contributed by atoms with van der Waals surface area (Å²) in [7, 11) is 0. The number of hydrazone groups is 1. The Hall–Kier alpha value is -1.59. The molecule has 1 aliphatic carbocycles. The molecule has 0 radical (unpaired) electrons. The Morgan fingerprint density at radius 1 is 1.14 bits per heavy atom. The number of halogens is 2. The van der Waals surface area contributed by atoms with E-state index < -0.39 is 11.8 Å². The van der Waals surface area contributed by atoms with Crippen LogP contribution in [0.15, 0.2) is 23.3 Å². The van der Waals surface area contributed by atoms with Gasteiger partial charge in [-0.05, 0) is 30.5 Å². The molecule has 2 amide bonds. The molecule has 1 fully saturated rings. The Morgan fingerprint density at radius 2 is 1.86 bits per heavy atom. The van der Waals surface area contributed by atoms with E-state index in [1.165, 1.54) is 6.21 Å². The van der Waals surface area contributed by atoms with Crippen molar-refractivity contribution < 1.29 is 9.59 Å². The van der Waals surface area contributed by atoms with Crippen molar-refractivity contribution in [1.82, 2.24) is 10.7 Å². The number of hydrogen-bond donors (Lipinski definition) is 2. The average Bonchev–Trinajstić information content (AvgIpc) is 2.95. The van der Waals surface area contributed by atoms with Gasteiger partial charge in [0.15, 0.2) is 0 Å². The summed E-state index contributed by atoms with van der Waals surface area (Å²) in [5, 5.41) is 7.23. The molecule has 7 heteroatoms. The van der Waals surface area contributed by atoms with Crippen LogP contribution in [0.3, 0.4) is 0 Å². The van der Waals surface area contributed by atoms with Crippen LogP contribution in [0.2, 0.25) is 10.0 Å². The van der Waals surface area contributed by atoms with Crippen LogP contribution in [0.4, 0.5) is 0 Å². The number of rotatable bonds is 3. The Balaban J connectivity index is 1.83. The predicted octanol–water partition coefficient (Wildman–Crippen LogP) is 2.50. The van der Waals surface area contributed by atoms with Crippen LogP contribution < -0.4 is 10.7 Å². The van der Waals surface area contributed by atoms with Crippen molar-refractivity contribution in [1.29, 1.82) is 0 Å². The summed E-state index contributed by atoms with van der Waals surface area (Å²) in [4.78, 5) is 23.2. The summed E-state index contributed by atoms with van der Waals surface area (Å²) in [6.45, 7) is 0. The van der Waals surface area contributed by atoms with Crippen LogP contribution >= 0.6 is 23.2 Å². The Bertz CT molecular complexity index is 569. The second-order valence-corrected chi connectivity index (χ2v) is 5.64. The minimum absolute atomic E-state index is 0.0994. The van der Waals surface area contributed by atoms with E-state index in [2.05, 4.69) is 15.8 Å². The normalized spacial score (nSPS) is 15.3. The first-order valence-electron chi connectivity index (χ1n) is 6.65. The van der Waals surface area contributed by atoms with Gasteiger partial charge in [0.25, 0.3) is 0 Å². The van der Waals surface area contributed by atoms with E-state index in [1.807, 2.05) is 0 Å². The van der Waals surface area contributed by atoms with E-state index >= 15 is 0 Å². The van der Waals surface area contributed by atoms with Gasteiger partial charge in [0.1, 0.15) is 0 Å². The molecule has 21 heavy (non-hydrogen) atoms. The van der Waals surface area contributed by atoms with Crippen molar-refractivity contribution in [2.45, 2.75) is 31.7 Å². The predicted molar refractivity (Wildman–Crippen MR) is 82.6 cm³/mol. The zero-order valence-electron chi connectivity index (χ0n) is 11.2. The maximum absolute atomic E-state index is 11.6. The second kappa shape index (κ2) is 7.43. The molecule has 112 valence electrons. The first-order valence-corrected chi connectivity index (χ1v) is 7.41. The molecule has 0 unspecified atom stereocenters. The fourth-order valence-electron chi connectivity index (χ4n) is 2.13. The number of carbonyl (C=O) groups excluding carboxylic acids is 2. The van der Waals surface area contributed by atoms with Gasteiger partial charge in [-0.1, -0.05) is 42.1 Å². The lowest BCUT2D eigenvalue weighted by Gasteiger charge is -2.10. The number of carbonyl (C=O) groups is 2. The lowest BCUT2D eigenvalue weighted by molar-refractivity contribution is -0.139. The third-order valence-electron chi connectivity index (χ3n) is 3.22. The van der Waals surface area contributed by atoms with E-state index in [4.69, 9.17) is 23.2 Å². The summed E-state index contributed by atoms with van der Waals surface area (Å²) < 4.78 is 0. The average molecular weight is 328 g/mol. The molecule has 2 N–H and O–H groups in total. The first kappa shape index (κ1) is 15.8. The molecule has 0 aromatic heterocycles. The van der Waals surface area contributed by atoms with E-state index in [0.717, 1.165) is 25.7 Å². The quantitative estimate of drug-likeness (QED) is 0.508. The standard InChI is InChI=1S/C14H15Cl2N3O2/c15-11-6-5-9(7-12(11)16)8-17-19-14(21)13(20)18-10-3-1-2-4-10/h5-8,10H,1-4H2,(H,18,20)(H,19,21). The zero-order valence-corrected chi connectivity index (χ0v) is 12.7. The zero-order chi connectivity index (χ0) is 15.2. The van der Waals surface area contributed by atoms with Crippen LogP contribution in [0, 0.1) is 0 Å². The van der Waals surface area contributed by atoms with Gasteiger partial charge in [0, 0.05) is 6.04 Å². The van der Waals surface area contributed by atoms with Crippen LogP contribution in [0.1, 0.15) is 31.2 Å². The van der Waals surface area contributed by atoms with Crippen molar-refractivity contribution >= 4 is 41.2 Å². The van der Waals surface area contributed by atoms with E-state index in [-0.39, 0.29) is 6.04 Å². The molecule has 0 spiro atoms. The minimum Gasteiger partial charge on any atom is -0.345 e. The number of nitrogens with zero attached hydrogens (tertiary/aromatic N) is 1. The van der Waals surface area contributed by atoms with E-state index in [1.54, 1.807) is 18.2 Å². The van der Waals surface area contributed by atoms with Crippen LogP contribution in [0.5, 0.6) is 0 Å². The molecule has 0 bridgehead atoms. The molecule has 1 aromatic carbocycles. The highest BCUT2D eigenvalue weighted by Crippen LogP contribution is 2.21. The molecular weight excluding hydrogens is 313 g/mol. The molecular formula is C14H15Cl2N3O2. The fraction of sp³-hybridized carbons (Fsp3) is 0.357. The third-order valence-corrected chi connectivity index (χ3v) is 3.96. The summed E-state index contributed by atoms with van der Waals surface area (Å²) >= 11 is 11.6. The molecule has 0 heterocycles. The van der Waals surface area contributed by atoms with Gasteiger partial charge in [-0.15, -0.1) is 0 Å². The Labute approximate surface area is 132 Å². The number of hydrogen-bond acceptors (Lipinski definition) is 3. The maximum Gasteiger partial charge on any atom is 0.329 e. The van der Waals surface area contributed by atoms with Crippen molar-refractivity contribution in [3.8, 4) is 0 Å². The summed E-state index contributed by atoms with van der Waals surface area (Å²) in [6, 6.07) is 5.03. The minimum atomic E-state index is -0.779. The maximum atomic E-state index is 11.6. The van der Waals surface area contributed by atoms with Crippen molar-refractivity contribution in [3.63, 3.8) is 0 Å². The van der Waals surface area contributed by atoms with Crippen LogP contribution in [-0.4, -0.2) is 24.1 Å². The van der Waals surface area contributed by atoms with Gasteiger partial charge in [-0.25, -0.2) is 5.43 Å². The topological polar surface area (TPSA) is 70.6 Å². The molecule has 0 saturated heterocycles.